The monoisotopic (exact) mass is 452 g/mol. The number of rotatable bonds is 7. The van der Waals surface area contributed by atoms with Gasteiger partial charge in [-0.2, -0.15) is 0 Å². The van der Waals surface area contributed by atoms with Crippen molar-refractivity contribution in [2.24, 2.45) is 0 Å². The highest BCUT2D eigenvalue weighted by Gasteiger charge is 2.23. The lowest BCUT2D eigenvalue weighted by Crippen LogP contribution is -2.49. The Morgan fingerprint density at radius 3 is 2.33 bits per heavy atom. The van der Waals surface area contributed by atoms with Gasteiger partial charge in [0.25, 0.3) is 0 Å². The molecule has 0 atom stereocenters. The molecule has 33 heavy (non-hydrogen) atoms. The van der Waals surface area contributed by atoms with Gasteiger partial charge in [0.1, 0.15) is 5.82 Å². The van der Waals surface area contributed by atoms with Gasteiger partial charge in [0.15, 0.2) is 5.65 Å². The first-order chi connectivity index (χ1) is 16.0. The van der Waals surface area contributed by atoms with E-state index in [1.807, 2.05) is 18.7 Å². The molecule has 0 saturated carbocycles. The molecule has 1 aliphatic rings. The van der Waals surface area contributed by atoms with Crippen LogP contribution in [0.2, 0.25) is 0 Å². The van der Waals surface area contributed by atoms with E-state index in [1.54, 1.807) is 44.6 Å². The van der Waals surface area contributed by atoms with E-state index in [4.69, 9.17) is 0 Å². The molecule has 0 aliphatic carbocycles. The van der Waals surface area contributed by atoms with Crippen molar-refractivity contribution < 1.29 is 9.59 Å². The molecule has 1 N–H and O–H groups in total. The highest BCUT2D eigenvalue weighted by atomic mass is 16.2. The molecule has 1 saturated heterocycles. The highest BCUT2D eigenvalue weighted by Crippen LogP contribution is 2.16. The van der Waals surface area contributed by atoms with E-state index in [0.717, 1.165) is 5.52 Å². The van der Waals surface area contributed by atoms with E-state index in [2.05, 4.69) is 20.3 Å². The highest BCUT2D eigenvalue weighted by molar-refractivity contribution is 5.93. The van der Waals surface area contributed by atoms with Gasteiger partial charge in [-0.05, 0) is 32.0 Å². The number of hydrogen-bond donors (Lipinski definition) is 1. The number of anilines is 2. The first kappa shape index (κ1) is 22.4. The van der Waals surface area contributed by atoms with Crippen LogP contribution in [0.4, 0.5) is 11.8 Å². The smallest absolute Gasteiger partial charge is 0.330 e. The van der Waals surface area contributed by atoms with Gasteiger partial charge in [0.2, 0.25) is 17.8 Å². The van der Waals surface area contributed by atoms with E-state index >= 15 is 0 Å². The first-order valence-corrected chi connectivity index (χ1v) is 11.2. The van der Waals surface area contributed by atoms with E-state index in [1.165, 1.54) is 0 Å². The molecule has 4 rings (SSSR count). The van der Waals surface area contributed by atoms with Crippen LogP contribution in [0.15, 0.2) is 35.4 Å². The van der Waals surface area contributed by atoms with Crippen LogP contribution in [0.1, 0.15) is 26.7 Å². The van der Waals surface area contributed by atoms with Crippen LogP contribution >= 0.6 is 0 Å². The van der Waals surface area contributed by atoms with Crippen molar-refractivity contribution in [3.63, 3.8) is 0 Å². The summed E-state index contributed by atoms with van der Waals surface area (Å²) in [6.45, 7) is 7.27. The lowest BCUT2D eigenvalue weighted by atomic mass is 10.2. The Hall–Kier alpha value is -3.76. The van der Waals surface area contributed by atoms with Crippen LogP contribution in [-0.2, 0) is 22.7 Å². The summed E-state index contributed by atoms with van der Waals surface area (Å²) in [5, 5.41) is 2.75. The topological polar surface area (TPSA) is 118 Å². The van der Waals surface area contributed by atoms with Gasteiger partial charge in [-0.3, -0.25) is 18.7 Å². The minimum Gasteiger partial charge on any atom is -0.339 e. The molecule has 0 unspecified atom stereocenters. The fourth-order valence-corrected chi connectivity index (χ4v) is 4.04. The average molecular weight is 453 g/mol. The molecule has 0 spiro atoms. The molecule has 0 aromatic carbocycles. The fraction of sp³-hybridized carbons (Fsp3) is 0.455. The molecule has 0 radical (unpaired) electrons. The third-order valence-corrected chi connectivity index (χ3v) is 5.80. The maximum Gasteiger partial charge on any atom is 0.330 e. The largest absolute Gasteiger partial charge is 0.339 e. The maximum atomic E-state index is 12.6. The van der Waals surface area contributed by atoms with Crippen LogP contribution in [0.5, 0.6) is 0 Å². The van der Waals surface area contributed by atoms with Gasteiger partial charge in [0.05, 0.1) is 5.52 Å². The number of nitrogens with zero attached hydrogens (tertiary/aromatic N) is 7. The Balaban J connectivity index is 1.31. The summed E-state index contributed by atoms with van der Waals surface area (Å²) >= 11 is 0. The van der Waals surface area contributed by atoms with Crippen LogP contribution < -0.4 is 15.9 Å². The molecule has 2 amide bonds. The number of fused-ring (bicyclic) bond motifs is 1. The van der Waals surface area contributed by atoms with Crippen LogP contribution in [0, 0.1) is 0 Å². The number of piperazine rings is 1. The van der Waals surface area contributed by atoms with Crippen molar-refractivity contribution in [2.75, 3.05) is 36.4 Å². The maximum absolute atomic E-state index is 12.6. The molecule has 1 fully saturated rings. The Labute approximate surface area is 191 Å². The molecule has 3 aromatic rings. The number of amides is 2. The summed E-state index contributed by atoms with van der Waals surface area (Å²) in [5.74, 6) is 0.692. The summed E-state index contributed by atoms with van der Waals surface area (Å²) in [6, 6.07) is 5.24. The van der Waals surface area contributed by atoms with Gasteiger partial charge in [-0.25, -0.2) is 19.7 Å². The number of aromatic nitrogens is 5. The van der Waals surface area contributed by atoms with E-state index in [0.29, 0.717) is 56.7 Å². The second kappa shape index (κ2) is 9.80. The van der Waals surface area contributed by atoms with Crippen LogP contribution in [-0.4, -0.2) is 67.0 Å². The third kappa shape index (κ3) is 4.71. The third-order valence-electron chi connectivity index (χ3n) is 5.80. The lowest BCUT2D eigenvalue weighted by Gasteiger charge is -2.34. The van der Waals surface area contributed by atoms with E-state index < -0.39 is 0 Å². The molecule has 1 aliphatic heterocycles. The zero-order valence-electron chi connectivity index (χ0n) is 18.9. The van der Waals surface area contributed by atoms with Gasteiger partial charge in [-0.1, -0.05) is 0 Å². The SMILES string of the molecule is CCn1c(=O)n(CC)c2nc(NC(=O)CCC(=O)N3CCN(c4ncccn4)CC3)ccc21. The van der Waals surface area contributed by atoms with Gasteiger partial charge < -0.3 is 15.1 Å². The van der Waals surface area contributed by atoms with Crippen LogP contribution in [0.3, 0.4) is 0 Å². The second-order valence-electron chi connectivity index (χ2n) is 7.78. The molecule has 4 heterocycles. The molecule has 174 valence electrons. The first-order valence-electron chi connectivity index (χ1n) is 11.2. The molecular weight excluding hydrogens is 424 g/mol. The van der Waals surface area contributed by atoms with E-state index in [9.17, 15) is 14.4 Å². The number of carbonyl (C=O) groups excluding carboxylic acids is 2. The quantitative estimate of drug-likeness (QED) is 0.570. The van der Waals surface area contributed by atoms with Crippen molar-refractivity contribution >= 4 is 34.7 Å². The van der Waals surface area contributed by atoms with Gasteiger partial charge in [0, 0.05) is 64.5 Å². The van der Waals surface area contributed by atoms with Crippen molar-refractivity contribution in [1.82, 2.24) is 29.0 Å². The normalized spacial score (nSPS) is 14.0. The molecule has 11 heteroatoms. The Bertz CT molecular complexity index is 1200. The van der Waals surface area contributed by atoms with Gasteiger partial charge >= 0.3 is 5.69 Å². The number of nitrogens with one attached hydrogen (secondary N) is 1. The summed E-state index contributed by atoms with van der Waals surface area (Å²) in [6.07, 6.45) is 3.59. The summed E-state index contributed by atoms with van der Waals surface area (Å²) in [5.41, 5.74) is 1.16. The average Bonchev–Trinajstić information content (AvgIpc) is 3.12. The zero-order valence-corrected chi connectivity index (χ0v) is 18.9. The molecule has 11 nitrogen and oxygen atoms in total. The van der Waals surface area contributed by atoms with Crippen molar-refractivity contribution in [3.8, 4) is 0 Å². The minimum atomic E-state index is -0.285. The fourth-order valence-electron chi connectivity index (χ4n) is 4.04. The molecular formula is C22H28N8O3. The zero-order chi connectivity index (χ0) is 23.4. The van der Waals surface area contributed by atoms with Crippen molar-refractivity contribution in [3.05, 3.63) is 41.1 Å². The van der Waals surface area contributed by atoms with Crippen molar-refractivity contribution in [2.45, 2.75) is 39.8 Å². The molecule has 0 bridgehead atoms. The minimum absolute atomic E-state index is 0.0537. The Morgan fingerprint density at radius 1 is 0.970 bits per heavy atom. The number of carbonyl (C=O) groups is 2. The van der Waals surface area contributed by atoms with Gasteiger partial charge in [-0.15, -0.1) is 0 Å². The number of hydrogen-bond acceptors (Lipinski definition) is 7. The van der Waals surface area contributed by atoms with E-state index in [-0.39, 0.29) is 30.3 Å². The number of aryl methyl sites for hydroxylation is 2. The Morgan fingerprint density at radius 2 is 1.67 bits per heavy atom. The second-order valence-corrected chi connectivity index (χ2v) is 7.78. The standard InChI is InChI=1S/C22H28N8O3/c1-3-29-16-6-7-17(26-20(16)30(4-2)22(29)33)25-18(31)8-9-19(32)27-12-14-28(15-13-27)21-23-10-5-11-24-21/h5-7,10-11H,3-4,8-9,12-15H2,1-2H3,(H,25,26,31). The predicted octanol–water partition coefficient (Wildman–Crippen LogP) is 1.10. The molecule has 3 aromatic heterocycles. The summed E-state index contributed by atoms with van der Waals surface area (Å²) in [4.78, 5) is 54.2. The van der Waals surface area contributed by atoms with Crippen molar-refractivity contribution in [1.29, 1.82) is 0 Å². The number of imidazole rings is 1. The number of pyridine rings is 1. The lowest BCUT2D eigenvalue weighted by molar-refractivity contribution is -0.133. The summed E-state index contributed by atoms with van der Waals surface area (Å²) in [7, 11) is 0. The summed E-state index contributed by atoms with van der Waals surface area (Å²) < 4.78 is 3.23. The Kier molecular flexibility index (Phi) is 6.66. The predicted molar refractivity (Wildman–Crippen MR) is 124 cm³/mol. The van der Waals surface area contributed by atoms with Crippen LogP contribution in [0.25, 0.3) is 11.2 Å².